The molecule has 0 spiro atoms. The second-order valence-electron chi connectivity index (χ2n) is 10.8. The third-order valence-electron chi connectivity index (χ3n) is 7.49. The molecule has 1 unspecified atom stereocenters. The fourth-order valence-corrected chi connectivity index (χ4v) is 7.48. The molecule has 1 fully saturated rings. The Morgan fingerprint density at radius 3 is 2.68 bits per heavy atom. The van der Waals surface area contributed by atoms with Gasteiger partial charge in [-0.05, 0) is 49.0 Å². The van der Waals surface area contributed by atoms with Crippen molar-refractivity contribution < 1.29 is 4.79 Å². The lowest BCUT2D eigenvalue weighted by Gasteiger charge is -2.33. The van der Waals surface area contributed by atoms with E-state index in [1.54, 1.807) is 11.3 Å². The first-order valence-electron chi connectivity index (χ1n) is 12.7. The molecule has 1 N–H and O–H groups in total. The van der Waals surface area contributed by atoms with Crippen LogP contribution in [0.25, 0.3) is 0 Å². The minimum absolute atomic E-state index is 0.0908. The Morgan fingerprint density at radius 2 is 2.00 bits per heavy atom. The predicted molar refractivity (Wildman–Crippen MR) is 139 cm³/mol. The molecule has 1 atom stereocenters. The highest BCUT2D eigenvalue weighted by Crippen LogP contribution is 2.44. The number of nitriles is 1. The van der Waals surface area contributed by atoms with Crippen molar-refractivity contribution in [3.8, 4) is 6.07 Å². The van der Waals surface area contributed by atoms with Gasteiger partial charge in [-0.15, -0.1) is 21.5 Å². The van der Waals surface area contributed by atoms with Gasteiger partial charge in [-0.25, -0.2) is 0 Å². The highest BCUT2D eigenvalue weighted by atomic mass is 32.2. The normalized spacial score (nSPS) is 19.0. The van der Waals surface area contributed by atoms with Gasteiger partial charge < -0.3 is 9.88 Å². The molecule has 184 valence electrons. The molecule has 0 bridgehead atoms. The fraction of sp³-hybridized carbons (Fsp3) is 0.692. The predicted octanol–water partition coefficient (Wildman–Crippen LogP) is 6.24. The second kappa shape index (κ2) is 10.8. The molecule has 2 aromatic heterocycles. The fourth-order valence-electron chi connectivity index (χ4n) is 5.37. The van der Waals surface area contributed by atoms with Crippen molar-refractivity contribution >= 4 is 34.0 Å². The molecular weight excluding hydrogens is 462 g/mol. The number of thiophene rings is 1. The molecule has 0 radical (unpaired) electrons. The van der Waals surface area contributed by atoms with Crippen molar-refractivity contribution in [2.45, 2.75) is 97.2 Å². The van der Waals surface area contributed by atoms with Crippen LogP contribution in [0.2, 0.25) is 0 Å². The Hall–Kier alpha value is -1.85. The zero-order chi connectivity index (χ0) is 24.3. The number of fused-ring (bicyclic) bond motifs is 1. The zero-order valence-corrected chi connectivity index (χ0v) is 22.6. The molecule has 0 aromatic carbocycles. The van der Waals surface area contributed by atoms with Crippen LogP contribution >= 0.6 is 23.1 Å². The lowest BCUT2D eigenvalue weighted by Crippen LogP contribution is -2.26. The van der Waals surface area contributed by atoms with Crippen LogP contribution in [-0.2, 0) is 30.6 Å². The van der Waals surface area contributed by atoms with Crippen LogP contribution in [-0.4, -0.2) is 26.4 Å². The molecule has 8 heteroatoms. The number of aromatic nitrogens is 3. The van der Waals surface area contributed by atoms with Gasteiger partial charge in [0.1, 0.15) is 16.9 Å². The van der Waals surface area contributed by atoms with E-state index in [0.717, 1.165) is 48.8 Å². The van der Waals surface area contributed by atoms with E-state index in [9.17, 15) is 10.1 Å². The van der Waals surface area contributed by atoms with Crippen molar-refractivity contribution in [2.75, 3.05) is 11.1 Å². The van der Waals surface area contributed by atoms with Gasteiger partial charge in [0.25, 0.3) is 0 Å². The topological polar surface area (TPSA) is 83.6 Å². The largest absolute Gasteiger partial charge is 0.316 e. The van der Waals surface area contributed by atoms with E-state index < -0.39 is 0 Å². The maximum Gasteiger partial charge on any atom is 0.235 e. The van der Waals surface area contributed by atoms with E-state index in [1.807, 2.05) is 0 Å². The van der Waals surface area contributed by atoms with Crippen molar-refractivity contribution in [1.29, 1.82) is 5.26 Å². The van der Waals surface area contributed by atoms with Crippen LogP contribution in [0.3, 0.4) is 0 Å². The summed E-state index contributed by atoms with van der Waals surface area (Å²) in [6.07, 6.45) is 10.5. The summed E-state index contributed by atoms with van der Waals surface area (Å²) in [5.74, 6) is 2.53. The smallest absolute Gasteiger partial charge is 0.235 e. The molecule has 2 aromatic rings. The third-order valence-corrected chi connectivity index (χ3v) is 9.63. The van der Waals surface area contributed by atoms with E-state index in [2.05, 4.69) is 53.8 Å². The molecule has 2 aliphatic carbocycles. The average Bonchev–Trinajstić information content (AvgIpc) is 3.36. The Morgan fingerprint density at radius 1 is 1.24 bits per heavy atom. The van der Waals surface area contributed by atoms with Gasteiger partial charge >= 0.3 is 0 Å². The number of anilines is 1. The van der Waals surface area contributed by atoms with Crippen molar-refractivity contribution in [2.24, 2.45) is 17.3 Å². The highest BCUT2D eigenvalue weighted by Gasteiger charge is 2.32. The number of carbonyl (C=O) groups is 1. The van der Waals surface area contributed by atoms with Gasteiger partial charge in [-0.2, -0.15) is 5.26 Å². The minimum Gasteiger partial charge on any atom is -0.316 e. The van der Waals surface area contributed by atoms with E-state index in [4.69, 9.17) is 0 Å². The minimum atomic E-state index is -0.0908. The molecule has 2 aliphatic rings. The second-order valence-corrected chi connectivity index (χ2v) is 12.9. The van der Waals surface area contributed by atoms with Gasteiger partial charge in [-0.3, -0.25) is 4.79 Å². The standard InChI is InChI=1S/C26H37N5OS2/c1-5-31-22(13-17-9-7-6-8-10-17)29-30-25(31)33-16-23(32)28-24-20(15-27)19-12-11-18(26(2,3)4)14-21(19)34-24/h17-18H,5-14,16H2,1-4H3,(H,28,32). The number of carbonyl (C=O) groups excluding carboxylic acids is 1. The molecule has 6 nitrogen and oxygen atoms in total. The molecule has 2 heterocycles. The Bertz CT molecular complexity index is 1050. The first kappa shape index (κ1) is 25.2. The zero-order valence-electron chi connectivity index (χ0n) is 20.9. The number of nitrogens with zero attached hydrogens (tertiary/aromatic N) is 4. The summed E-state index contributed by atoms with van der Waals surface area (Å²) in [6, 6.07) is 2.36. The van der Waals surface area contributed by atoms with Crippen molar-refractivity contribution in [3.63, 3.8) is 0 Å². The summed E-state index contributed by atoms with van der Waals surface area (Å²) in [5, 5.41) is 23.2. The number of hydrogen-bond donors (Lipinski definition) is 1. The van der Waals surface area contributed by atoms with E-state index in [1.165, 1.54) is 48.7 Å². The third kappa shape index (κ3) is 5.68. The quantitative estimate of drug-likeness (QED) is 0.456. The molecule has 4 rings (SSSR count). The van der Waals surface area contributed by atoms with Crippen LogP contribution in [0.4, 0.5) is 5.00 Å². The first-order valence-corrected chi connectivity index (χ1v) is 14.5. The maximum atomic E-state index is 12.8. The highest BCUT2D eigenvalue weighted by molar-refractivity contribution is 7.99. The Balaban J connectivity index is 1.38. The summed E-state index contributed by atoms with van der Waals surface area (Å²) in [4.78, 5) is 14.1. The summed E-state index contributed by atoms with van der Waals surface area (Å²) in [7, 11) is 0. The summed E-state index contributed by atoms with van der Waals surface area (Å²) in [5.41, 5.74) is 2.06. The van der Waals surface area contributed by atoms with Crippen LogP contribution in [0, 0.1) is 28.6 Å². The monoisotopic (exact) mass is 499 g/mol. The number of amides is 1. The SMILES string of the molecule is CCn1c(CC2CCCCC2)nnc1SCC(=O)Nc1sc2c(c1C#N)CCC(C(C)(C)C)C2. The number of rotatable bonds is 7. The lowest BCUT2D eigenvalue weighted by atomic mass is 9.72. The number of hydrogen-bond acceptors (Lipinski definition) is 6. The van der Waals surface area contributed by atoms with Crippen LogP contribution in [0.15, 0.2) is 5.16 Å². The summed E-state index contributed by atoms with van der Waals surface area (Å²) >= 11 is 3.02. The van der Waals surface area contributed by atoms with E-state index in [-0.39, 0.29) is 17.1 Å². The average molecular weight is 500 g/mol. The maximum absolute atomic E-state index is 12.8. The number of thioether (sulfide) groups is 1. The Kier molecular flexibility index (Phi) is 8.04. The van der Waals surface area contributed by atoms with E-state index in [0.29, 0.717) is 22.4 Å². The molecule has 0 aliphatic heterocycles. The van der Waals surface area contributed by atoms with Gasteiger partial charge in [0, 0.05) is 17.8 Å². The molecule has 1 saturated carbocycles. The van der Waals surface area contributed by atoms with Crippen molar-refractivity contribution in [1.82, 2.24) is 14.8 Å². The molecule has 34 heavy (non-hydrogen) atoms. The molecule has 0 saturated heterocycles. The van der Waals surface area contributed by atoms with Gasteiger partial charge in [-0.1, -0.05) is 64.6 Å². The molecular formula is C26H37N5OS2. The van der Waals surface area contributed by atoms with Gasteiger partial charge in [0.15, 0.2) is 5.16 Å². The van der Waals surface area contributed by atoms with Crippen LogP contribution in [0.5, 0.6) is 0 Å². The summed E-state index contributed by atoms with van der Waals surface area (Å²) in [6.45, 7) is 9.78. The number of nitrogens with one attached hydrogen (secondary N) is 1. The van der Waals surface area contributed by atoms with Crippen molar-refractivity contribution in [3.05, 3.63) is 21.8 Å². The van der Waals surface area contributed by atoms with Gasteiger partial charge in [0.2, 0.25) is 5.91 Å². The first-order chi connectivity index (χ1) is 16.3. The van der Waals surface area contributed by atoms with E-state index >= 15 is 0 Å². The molecule has 1 amide bonds. The Labute approximate surface area is 211 Å². The van der Waals surface area contributed by atoms with Crippen LogP contribution < -0.4 is 5.32 Å². The van der Waals surface area contributed by atoms with Crippen LogP contribution in [0.1, 0.15) is 88.0 Å². The van der Waals surface area contributed by atoms with Gasteiger partial charge in [0.05, 0.1) is 11.3 Å². The summed E-state index contributed by atoms with van der Waals surface area (Å²) < 4.78 is 2.16. The lowest BCUT2D eigenvalue weighted by molar-refractivity contribution is -0.113.